The van der Waals surface area contributed by atoms with Gasteiger partial charge in [-0.25, -0.2) is 23.1 Å². The molecular weight excluding hydrogens is 349 g/mol. The molecule has 0 saturated heterocycles. The van der Waals surface area contributed by atoms with E-state index in [9.17, 15) is 13.2 Å². The van der Waals surface area contributed by atoms with Crippen molar-refractivity contribution in [3.63, 3.8) is 0 Å². The zero-order valence-corrected chi connectivity index (χ0v) is 15.9. The van der Waals surface area contributed by atoms with E-state index in [1.54, 1.807) is 12.4 Å². The van der Waals surface area contributed by atoms with Crippen molar-refractivity contribution in [3.8, 4) is 11.4 Å². The van der Waals surface area contributed by atoms with Crippen LogP contribution in [0.5, 0.6) is 0 Å². The van der Waals surface area contributed by atoms with Crippen LogP contribution in [0.1, 0.15) is 75.3 Å². The summed E-state index contributed by atoms with van der Waals surface area (Å²) in [6.45, 7) is 1.07. The summed E-state index contributed by atoms with van der Waals surface area (Å²) in [5.41, 5.74) is 0.770. The minimum atomic E-state index is -1.17. The van der Waals surface area contributed by atoms with E-state index in [0.717, 1.165) is 36.5 Å². The van der Waals surface area contributed by atoms with Gasteiger partial charge in [0.1, 0.15) is 18.3 Å². The molecule has 146 valence electrons. The van der Waals surface area contributed by atoms with Crippen LogP contribution >= 0.6 is 0 Å². The van der Waals surface area contributed by atoms with Gasteiger partial charge in [-0.15, -0.1) is 0 Å². The van der Waals surface area contributed by atoms with Crippen molar-refractivity contribution in [3.05, 3.63) is 47.3 Å². The molecular formula is C22H27F3N2. The molecule has 0 spiro atoms. The number of rotatable bonds is 7. The number of hydrogen-bond donors (Lipinski definition) is 0. The highest BCUT2D eigenvalue weighted by Crippen LogP contribution is 2.37. The van der Waals surface area contributed by atoms with Crippen LogP contribution in [-0.2, 0) is 6.67 Å². The van der Waals surface area contributed by atoms with Crippen LogP contribution in [-0.4, -0.2) is 9.97 Å². The van der Waals surface area contributed by atoms with E-state index in [-0.39, 0.29) is 11.4 Å². The molecule has 0 aliphatic heterocycles. The molecule has 27 heavy (non-hydrogen) atoms. The highest BCUT2D eigenvalue weighted by Gasteiger charge is 2.23. The zero-order valence-electron chi connectivity index (χ0n) is 15.9. The number of nitrogens with zero attached hydrogens (tertiary/aromatic N) is 2. The Morgan fingerprint density at radius 2 is 1.59 bits per heavy atom. The van der Waals surface area contributed by atoms with Gasteiger partial charge in [0, 0.05) is 18.0 Å². The molecule has 0 radical (unpaired) electrons. The smallest absolute Gasteiger partial charge is 0.159 e. The number of aromatic nitrogens is 2. The molecule has 1 aromatic heterocycles. The van der Waals surface area contributed by atoms with E-state index >= 15 is 0 Å². The molecule has 0 bridgehead atoms. The highest BCUT2D eigenvalue weighted by molar-refractivity contribution is 5.56. The van der Waals surface area contributed by atoms with Gasteiger partial charge in [0.2, 0.25) is 0 Å². The Hall–Kier alpha value is -1.91. The molecule has 1 fully saturated rings. The van der Waals surface area contributed by atoms with Crippen LogP contribution in [0, 0.1) is 17.6 Å². The summed E-state index contributed by atoms with van der Waals surface area (Å²) < 4.78 is 40.2. The number of halogens is 3. The molecule has 3 rings (SSSR count). The van der Waals surface area contributed by atoms with E-state index in [1.165, 1.54) is 38.5 Å². The van der Waals surface area contributed by atoms with Gasteiger partial charge in [0.15, 0.2) is 5.82 Å². The third kappa shape index (κ3) is 4.88. The summed E-state index contributed by atoms with van der Waals surface area (Å²) in [6.07, 6.45) is 13.6. The van der Waals surface area contributed by atoms with Gasteiger partial charge >= 0.3 is 0 Å². The summed E-state index contributed by atoms with van der Waals surface area (Å²) in [4.78, 5) is 8.61. The fourth-order valence-corrected chi connectivity index (χ4v) is 4.03. The first-order valence-corrected chi connectivity index (χ1v) is 9.98. The van der Waals surface area contributed by atoms with E-state index < -0.39 is 23.9 Å². The van der Waals surface area contributed by atoms with Crippen molar-refractivity contribution >= 4 is 0 Å². The fourth-order valence-electron chi connectivity index (χ4n) is 4.03. The Bertz CT molecular complexity index is 715. The summed E-state index contributed by atoms with van der Waals surface area (Å²) >= 11 is 0. The van der Waals surface area contributed by atoms with Gasteiger partial charge in [-0.2, -0.15) is 0 Å². The van der Waals surface area contributed by atoms with Crippen LogP contribution in [0.4, 0.5) is 13.2 Å². The maximum absolute atomic E-state index is 13.8. The Kier molecular flexibility index (Phi) is 6.86. The monoisotopic (exact) mass is 376 g/mol. The lowest BCUT2D eigenvalue weighted by Gasteiger charge is -2.28. The first kappa shape index (κ1) is 19.8. The average Bonchev–Trinajstić information content (AvgIpc) is 2.69. The highest BCUT2D eigenvalue weighted by atomic mass is 19.1. The van der Waals surface area contributed by atoms with Gasteiger partial charge in [-0.3, -0.25) is 0 Å². The van der Waals surface area contributed by atoms with Crippen LogP contribution in [0.3, 0.4) is 0 Å². The number of alkyl halides is 1. The molecule has 0 N–H and O–H groups in total. The molecule has 2 nitrogen and oxygen atoms in total. The van der Waals surface area contributed by atoms with Crippen LogP contribution in [0.15, 0.2) is 24.5 Å². The lowest BCUT2D eigenvalue weighted by molar-refractivity contribution is 0.302. The minimum Gasteiger partial charge on any atom is -0.246 e. The second-order valence-electron chi connectivity index (χ2n) is 7.61. The maximum atomic E-state index is 13.8. The molecule has 1 aliphatic rings. The number of benzene rings is 1. The van der Waals surface area contributed by atoms with Crippen molar-refractivity contribution in [2.24, 2.45) is 5.92 Å². The Labute approximate surface area is 159 Å². The normalized spacial score (nSPS) is 20.0. The third-order valence-electron chi connectivity index (χ3n) is 5.74. The van der Waals surface area contributed by atoms with Crippen LogP contribution < -0.4 is 0 Å². The van der Waals surface area contributed by atoms with Gasteiger partial charge in [0.25, 0.3) is 0 Å². The van der Waals surface area contributed by atoms with Crippen molar-refractivity contribution in [2.75, 3.05) is 0 Å². The zero-order chi connectivity index (χ0) is 19.2. The maximum Gasteiger partial charge on any atom is 0.159 e. The second-order valence-corrected chi connectivity index (χ2v) is 7.61. The third-order valence-corrected chi connectivity index (χ3v) is 5.74. The molecule has 5 heteroatoms. The first-order valence-electron chi connectivity index (χ1n) is 9.98. The SMILES string of the molecule is CCCCCC1CCC(c2cnc(-c3cc(F)c(CF)c(F)c3)nc2)CC1. The van der Waals surface area contributed by atoms with Crippen molar-refractivity contribution in [1.29, 1.82) is 0 Å². The van der Waals surface area contributed by atoms with E-state index in [4.69, 9.17) is 0 Å². The largest absolute Gasteiger partial charge is 0.246 e. The molecule has 1 aliphatic carbocycles. The summed E-state index contributed by atoms with van der Waals surface area (Å²) in [6, 6.07) is 2.18. The Morgan fingerprint density at radius 1 is 0.963 bits per heavy atom. The first-order chi connectivity index (χ1) is 13.1. The van der Waals surface area contributed by atoms with Crippen molar-refractivity contribution < 1.29 is 13.2 Å². The van der Waals surface area contributed by atoms with Crippen molar-refractivity contribution in [2.45, 2.75) is 70.9 Å². The fraction of sp³-hybridized carbons (Fsp3) is 0.545. The summed E-state index contributed by atoms with van der Waals surface area (Å²) in [5, 5.41) is 0. The molecule has 0 atom stereocenters. The van der Waals surface area contributed by atoms with E-state index in [0.29, 0.717) is 5.92 Å². The molecule has 0 amide bonds. The predicted molar refractivity (Wildman–Crippen MR) is 101 cm³/mol. The minimum absolute atomic E-state index is 0.230. The van der Waals surface area contributed by atoms with Crippen LogP contribution in [0.25, 0.3) is 11.4 Å². The standard InChI is InChI=1S/C22H27F3N2/c1-2-3-4-5-15-6-8-16(9-7-15)18-13-26-22(27-14-18)17-10-20(24)19(12-23)21(25)11-17/h10-11,13-16H,2-9,12H2,1H3. The van der Waals surface area contributed by atoms with Gasteiger partial charge < -0.3 is 0 Å². The molecule has 0 unspecified atom stereocenters. The topological polar surface area (TPSA) is 25.8 Å². The number of hydrogen-bond acceptors (Lipinski definition) is 2. The quantitative estimate of drug-likeness (QED) is 0.500. The molecule has 1 aromatic carbocycles. The van der Waals surface area contributed by atoms with E-state index in [2.05, 4.69) is 16.9 Å². The summed E-state index contributed by atoms with van der Waals surface area (Å²) in [5.74, 6) is -0.241. The van der Waals surface area contributed by atoms with Gasteiger partial charge in [-0.1, -0.05) is 32.6 Å². The predicted octanol–water partition coefficient (Wildman–Crippen LogP) is 6.75. The summed E-state index contributed by atoms with van der Waals surface area (Å²) in [7, 11) is 0. The lowest BCUT2D eigenvalue weighted by Crippen LogP contribution is -2.14. The van der Waals surface area contributed by atoms with Gasteiger partial charge in [0.05, 0.1) is 5.56 Å². The number of unbranched alkanes of at least 4 members (excludes halogenated alkanes) is 2. The average molecular weight is 376 g/mol. The molecule has 1 heterocycles. The lowest BCUT2D eigenvalue weighted by atomic mass is 9.77. The van der Waals surface area contributed by atoms with E-state index in [1.807, 2.05) is 0 Å². The Morgan fingerprint density at radius 3 is 2.15 bits per heavy atom. The molecule has 2 aromatic rings. The Balaban J connectivity index is 1.63. The molecule has 1 saturated carbocycles. The van der Waals surface area contributed by atoms with Gasteiger partial charge in [-0.05, 0) is 55.2 Å². The van der Waals surface area contributed by atoms with Crippen molar-refractivity contribution in [1.82, 2.24) is 9.97 Å². The second kappa shape index (κ2) is 9.34. The van der Waals surface area contributed by atoms with Crippen LogP contribution in [0.2, 0.25) is 0 Å².